The first-order valence-corrected chi connectivity index (χ1v) is 15.2. The number of likely N-dealkylation sites (tertiary alicyclic amines) is 1. The zero-order valence-electron chi connectivity index (χ0n) is 23.8. The highest BCUT2D eigenvalue weighted by molar-refractivity contribution is 5.76. The number of fused-ring (bicyclic) bond motifs is 3. The fourth-order valence-corrected chi connectivity index (χ4v) is 7.28. The Morgan fingerprint density at radius 3 is 2.52 bits per heavy atom. The lowest BCUT2D eigenvalue weighted by Gasteiger charge is -2.45. The largest absolute Gasteiger partial charge is 0.507 e. The summed E-state index contributed by atoms with van der Waals surface area (Å²) in [5, 5.41) is 31.9. The van der Waals surface area contributed by atoms with Crippen LogP contribution >= 0.6 is 0 Å². The van der Waals surface area contributed by atoms with Crippen LogP contribution in [0.25, 0.3) is 11.3 Å². The number of carbonyl (C=O) groups is 1. The van der Waals surface area contributed by atoms with E-state index >= 15 is 0 Å². The fraction of sp³-hybridized carbons (Fsp3) is 0.516. The number of nitrogens with zero attached hydrogens (tertiary/aromatic N) is 7. The standard InChI is InChI=1S/C31H38N8O3/c40-28-4-2-1-3-24(28)26-17-27-29(36-35-26)33-18-23-19-38(15-16-39(23)27)31-32-12-9-25(34-31)20-10-13-37(14-11-20)22-7-5-21(6-8-22)30(41)42/h1-4,9,12,17,20-23,40H,5-8,10-11,13-16,18-19H2,(H,33,36)(H,41,42)/t21?,22?,23-/m0/s1. The number of aromatic nitrogens is 4. The van der Waals surface area contributed by atoms with E-state index in [1.54, 1.807) is 12.1 Å². The number of hydrogen-bond donors (Lipinski definition) is 3. The Labute approximate surface area is 245 Å². The van der Waals surface area contributed by atoms with Gasteiger partial charge >= 0.3 is 5.97 Å². The van der Waals surface area contributed by atoms with Crippen LogP contribution in [-0.2, 0) is 4.79 Å². The molecule has 1 aliphatic carbocycles. The first-order valence-electron chi connectivity index (χ1n) is 15.2. The van der Waals surface area contributed by atoms with E-state index in [0.717, 1.165) is 101 Å². The second-order valence-corrected chi connectivity index (χ2v) is 12.1. The van der Waals surface area contributed by atoms with Gasteiger partial charge in [0, 0.05) is 55.6 Å². The summed E-state index contributed by atoms with van der Waals surface area (Å²) >= 11 is 0. The maximum atomic E-state index is 11.3. The second kappa shape index (κ2) is 11.4. The molecule has 3 aliphatic heterocycles. The number of piperazine rings is 1. The van der Waals surface area contributed by atoms with Crippen molar-refractivity contribution in [3.8, 4) is 17.0 Å². The molecule has 0 spiro atoms. The third kappa shape index (κ3) is 5.21. The van der Waals surface area contributed by atoms with Gasteiger partial charge < -0.3 is 30.2 Å². The molecule has 5 heterocycles. The fourth-order valence-electron chi connectivity index (χ4n) is 7.28. The third-order valence-electron chi connectivity index (χ3n) is 9.71. The van der Waals surface area contributed by atoms with Crippen molar-refractivity contribution in [2.24, 2.45) is 5.92 Å². The maximum absolute atomic E-state index is 11.3. The minimum Gasteiger partial charge on any atom is -0.507 e. The molecule has 2 saturated heterocycles. The summed E-state index contributed by atoms with van der Waals surface area (Å²) in [5.74, 6) is 1.41. The molecule has 0 bridgehead atoms. The Bertz CT molecular complexity index is 1440. The van der Waals surface area contributed by atoms with Gasteiger partial charge in [-0.3, -0.25) is 4.79 Å². The Kier molecular flexibility index (Phi) is 7.27. The van der Waals surface area contributed by atoms with Crippen molar-refractivity contribution in [1.82, 2.24) is 25.1 Å². The van der Waals surface area contributed by atoms with Crippen molar-refractivity contribution < 1.29 is 15.0 Å². The van der Waals surface area contributed by atoms with Gasteiger partial charge in [-0.25, -0.2) is 9.97 Å². The molecule has 1 saturated carbocycles. The van der Waals surface area contributed by atoms with Crippen LogP contribution in [0.1, 0.15) is 50.1 Å². The molecule has 3 aromatic rings. The first-order chi connectivity index (χ1) is 20.5. The van der Waals surface area contributed by atoms with Crippen LogP contribution in [0.5, 0.6) is 5.75 Å². The number of rotatable bonds is 5. The van der Waals surface area contributed by atoms with Crippen LogP contribution < -0.4 is 15.1 Å². The molecule has 0 amide bonds. The van der Waals surface area contributed by atoms with Gasteiger partial charge in [0.1, 0.15) is 5.75 Å². The highest BCUT2D eigenvalue weighted by Crippen LogP contribution is 2.37. The Morgan fingerprint density at radius 1 is 0.929 bits per heavy atom. The predicted molar refractivity (Wildman–Crippen MR) is 160 cm³/mol. The molecule has 42 heavy (non-hydrogen) atoms. The summed E-state index contributed by atoms with van der Waals surface area (Å²) in [7, 11) is 0. The van der Waals surface area contributed by atoms with Gasteiger partial charge in [0.2, 0.25) is 5.95 Å². The predicted octanol–water partition coefficient (Wildman–Crippen LogP) is 3.58. The number of phenolic OH excluding ortho intramolecular Hbond substituents is 1. The number of hydrogen-bond acceptors (Lipinski definition) is 10. The molecule has 220 valence electrons. The van der Waals surface area contributed by atoms with E-state index in [9.17, 15) is 15.0 Å². The molecule has 1 aromatic carbocycles. The topological polar surface area (TPSA) is 131 Å². The van der Waals surface area contributed by atoms with E-state index in [1.807, 2.05) is 24.4 Å². The van der Waals surface area contributed by atoms with Gasteiger partial charge in [-0.1, -0.05) is 12.1 Å². The number of nitrogens with one attached hydrogen (secondary N) is 1. The lowest BCUT2D eigenvalue weighted by Crippen LogP contribution is -2.58. The minimum absolute atomic E-state index is 0.158. The number of carboxylic acids is 1. The van der Waals surface area contributed by atoms with Crippen LogP contribution in [0.4, 0.5) is 17.5 Å². The molecule has 11 heteroatoms. The van der Waals surface area contributed by atoms with Crippen molar-refractivity contribution >= 4 is 23.4 Å². The van der Waals surface area contributed by atoms with Crippen molar-refractivity contribution in [3.05, 3.63) is 48.3 Å². The number of para-hydroxylation sites is 1. The first kappa shape index (κ1) is 26.9. The number of phenols is 1. The smallest absolute Gasteiger partial charge is 0.306 e. The van der Waals surface area contributed by atoms with Crippen LogP contribution in [-0.4, -0.2) is 92.6 Å². The van der Waals surface area contributed by atoms with E-state index in [-0.39, 0.29) is 17.7 Å². The maximum Gasteiger partial charge on any atom is 0.306 e. The summed E-state index contributed by atoms with van der Waals surface area (Å²) in [6.45, 7) is 5.29. The van der Waals surface area contributed by atoms with Crippen LogP contribution in [0.2, 0.25) is 0 Å². The Morgan fingerprint density at radius 2 is 1.74 bits per heavy atom. The molecule has 0 unspecified atom stereocenters. The molecule has 3 N–H and O–H groups in total. The van der Waals surface area contributed by atoms with Crippen molar-refractivity contribution in [2.45, 2.75) is 56.5 Å². The number of aromatic hydroxyl groups is 1. The van der Waals surface area contributed by atoms with Crippen molar-refractivity contribution in [2.75, 3.05) is 54.4 Å². The number of aliphatic carboxylic acids is 1. The monoisotopic (exact) mass is 570 g/mol. The molecular formula is C31H38N8O3. The highest BCUT2D eigenvalue weighted by atomic mass is 16.4. The van der Waals surface area contributed by atoms with Gasteiger partial charge in [0.25, 0.3) is 0 Å². The normalized spacial score (nSPS) is 24.9. The average Bonchev–Trinajstić information content (AvgIpc) is 3.04. The van der Waals surface area contributed by atoms with Crippen LogP contribution in [0.15, 0.2) is 42.6 Å². The number of anilines is 3. The van der Waals surface area contributed by atoms with Gasteiger partial charge in [-0.15, -0.1) is 10.2 Å². The molecule has 0 radical (unpaired) electrons. The van der Waals surface area contributed by atoms with Crippen LogP contribution in [0, 0.1) is 5.92 Å². The average molecular weight is 571 g/mol. The van der Waals surface area contributed by atoms with Crippen molar-refractivity contribution in [3.63, 3.8) is 0 Å². The summed E-state index contributed by atoms with van der Waals surface area (Å²) < 4.78 is 0. The number of piperidine rings is 1. The van der Waals surface area contributed by atoms with E-state index in [2.05, 4.69) is 41.3 Å². The SMILES string of the molecule is O=C(O)C1CCC(N2CCC(c3ccnc(N4CCN5c6cc(-c7ccccc7O)nnc6NC[C@H]5C4)n3)CC2)CC1. The summed E-state index contributed by atoms with van der Waals surface area (Å²) in [6, 6.07) is 12.1. The van der Waals surface area contributed by atoms with Gasteiger partial charge in [0.15, 0.2) is 5.82 Å². The summed E-state index contributed by atoms with van der Waals surface area (Å²) in [4.78, 5) is 28.3. The molecule has 1 atom stereocenters. The quantitative estimate of drug-likeness (QED) is 0.416. The zero-order chi connectivity index (χ0) is 28.6. The van der Waals surface area contributed by atoms with Gasteiger partial charge in [0.05, 0.1) is 23.3 Å². The minimum atomic E-state index is -0.634. The molecule has 3 fully saturated rings. The molecule has 4 aliphatic rings. The third-order valence-corrected chi connectivity index (χ3v) is 9.71. The summed E-state index contributed by atoms with van der Waals surface area (Å²) in [5.41, 5.74) is 3.48. The van der Waals surface area contributed by atoms with E-state index in [4.69, 9.17) is 4.98 Å². The molecule has 2 aromatic heterocycles. The Balaban J connectivity index is 0.992. The molecular weight excluding hydrogens is 532 g/mol. The zero-order valence-corrected chi connectivity index (χ0v) is 23.8. The lowest BCUT2D eigenvalue weighted by atomic mass is 9.84. The summed E-state index contributed by atoms with van der Waals surface area (Å²) in [6.07, 6.45) is 7.65. The number of benzene rings is 1. The van der Waals surface area contributed by atoms with E-state index in [0.29, 0.717) is 23.2 Å². The van der Waals surface area contributed by atoms with E-state index < -0.39 is 5.97 Å². The van der Waals surface area contributed by atoms with E-state index in [1.165, 1.54) is 0 Å². The Hall–Kier alpha value is -3.99. The highest BCUT2D eigenvalue weighted by Gasteiger charge is 2.35. The van der Waals surface area contributed by atoms with Crippen LogP contribution in [0.3, 0.4) is 0 Å². The number of carboxylic acid groups (broad SMARTS) is 1. The molecule has 11 nitrogen and oxygen atoms in total. The second-order valence-electron chi connectivity index (χ2n) is 12.1. The van der Waals surface area contributed by atoms with Gasteiger partial charge in [-0.05, 0) is 75.9 Å². The molecule has 7 rings (SSSR count). The van der Waals surface area contributed by atoms with Gasteiger partial charge in [-0.2, -0.15) is 0 Å². The van der Waals surface area contributed by atoms with Crippen molar-refractivity contribution in [1.29, 1.82) is 0 Å². The lowest BCUT2D eigenvalue weighted by molar-refractivity contribution is -0.143.